The van der Waals surface area contributed by atoms with Crippen molar-refractivity contribution in [3.8, 4) is 0 Å². The minimum absolute atomic E-state index is 0.250. The first kappa shape index (κ1) is 14.2. The molecule has 0 radical (unpaired) electrons. The number of halogens is 2. The van der Waals surface area contributed by atoms with E-state index in [0.717, 1.165) is 37.2 Å². The van der Waals surface area contributed by atoms with Crippen molar-refractivity contribution in [3.05, 3.63) is 59.4 Å². The number of aromatic nitrogens is 1. The van der Waals surface area contributed by atoms with Crippen molar-refractivity contribution < 1.29 is 13.9 Å². The molecule has 2 heterocycles. The van der Waals surface area contributed by atoms with Crippen LogP contribution < -0.4 is 0 Å². The number of nitrogens with zero attached hydrogens (tertiary/aromatic N) is 1. The number of rotatable bonds is 4. The summed E-state index contributed by atoms with van der Waals surface area (Å²) in [6.07, 6.45) is 3.16. The van der Waals surface area contributed by atoms with Gasteiger partial charge in [0.2, 0.25) is 0 Å². The highest BCUT2D eigenvalue weighted by molar-refractivity contribution is 5.21. The van der Waals surface area contributed by atoms with Gasteiger partial charge < -0.3 is 10.1 Å². The smallest absolute Gasteiger partial charge is 0.159 e. The van der Waals surface area contributed by atoms with Gasteiger partial charge in [-0.3, -0.25) is 4.90 Å². The van der Waals surface area contributed by atoms with Crippen molar-refractivity contribution in [3.63, 3.8) is 0 Å². The van der Waals surface area contributed by atoms with Crippen LogP contribution in [0.1, 0.15) is 36.2 Å². The van der Waals surface area contributed by atoms with Crippen molar-refractivity contribution in [1.82, 2.24) is 9.88 Å². The van der Waals surface area contributed by atoms with Gasteiger partial charge in [0.25, 0.3) is 0 Å². The Balaban J connectivity index is 1.71. The zero-order valence-electron chi connectivity index (χ0n) is 11.6. The van der Waals surface area contributed by atoms with E-state index in [0.29, 0.717) is 12.1 Å². The molecule has 2 unspecified atom stereocenters. The normalized spacial score (nSPS) is 20.8. The summed E-state index contributed by atoms with van der Waals surface area (Å²) in [5, 5.41) is 10.3. The lowest BCUT2D eigenvalue weighted by molar-refractivity contribution is 0.105. The predicted molar refractivity (Wildman–Crippen MR) is 75.7 cm³/mol. The van der Waals surface area contributed by atoms with Crippen LogP contribution >= 0.6 is 0 Å². The van der Waals surface area contributed by atoms with E-state index in [2.05, 4.69) is 9.88 Å². The molecule has 112 valence electrons. The van der Waals surface area contributed by atoms with E-state index in [-0.39, 0.29) is 6.04 Å². The minimum Gasteiger partial charge on any atom is -0.387 e. The lowest BCUT2D eigenvalue weighted by Crippen LogP contribution is -2.28. The van der Waals surface area contributed by atoms with Gasteiger partial charge in [-0.15, -0.1) is 0 Å². The second-order valence-corrected chi connectivity index (χ2v) is 5.47. The summed E-state index contributed by atoms with van der Waals surface area (Å²) in [7, 11) is 0. The molecule has 1 aromatic heterocycles. The molecule has 1 saturated heterocycles. The summed E-state index contributed by atoms with van der Waals surface area (Å²) in [6.45, 7) is 1.30. The topological polar surface area (TPSA) is 39.3 Å². The fourth-order valence-electron chi connectivity index (χ4n) is 3.00. The Morgan fingerprint density at radius 2 is 2.14 bits per heavy atom. The van der Waals surface area contributed by atoms with Gasteiger partial charge in [-0.05, 0) is 49.2 Å². The molecule has 0 bridgehead atoms. The number of nitrogens with one attached hydrogen (secondary N) is 1. The fraction of sp³-hybridized carbons (Fsp3) is 0.375. The minimum atomic E-state index is -0.922. The largest absolute Gasteiger partial charge is 0.387 e. The molecule has 0 aliphatic carbocycles. The molecule has 1 aromatic carbocycles. The molecular weight excluding hydrogens is 274 g/mol. The maximum Gasteiger partial charge on any atom is 0.159 e. The summed E-state index contributed by atoms with van der Waals surface area (Å²) >= 11 is 0. The lowest BCUT2D eigenvalue weighted by Gasteiger charge is -2.26. The number of benzene rings is 1. The number of aromatic amines is 1. The second kappa shape index (κ2) is 5.95. The first-order valence-corrected chi connectivity index (χ1v) is 7.15. The molecule has 1 fully saturated rings. The first-order valence-electron chi connectivity index (χ1n) is 7.15. The molecular formula is C16H18F2N2O. The Kier molecular flexibility index (Phi) is 4.03. The van der Waals surface area contributed by atoms with Crippen molar-refractivity contribution in [2.75, 3.05) is 13.1 Å². The summed E-state index contributed by atoms with van der Waals surface area (Å²) < 4.78 is 26.2. The highest BCUT2D eigenvalue weighted by Crippen LogP contribution is 2.32. The Bertz CT molecular complexity index is 600. The zero-order chi connectivity index (χ0) is 14.8. The van der Waals surface area contributed by atoms with Crippen molar-refractivity contribution >= 4 is 0 Å². The van der Waals surface area contributed by atoms with Crippen LogP contribution in [0.4, 0.5) is 8.78 Å². The SMILES string of the molecule is OC(CN1CCCC1c1ccc[nH]1)c1ccc(F)c(F)c1. The quantitative estimate of drug-likeness (QED) is 0.908. The highest BCUT2D eigenvalue weighted by atomic mass is 19.2. The zero-order valence-corrected chi connectivity index (χ0v) is 11.6. The monoisotopic (exact) mass is 292 g/mol. The molecule has 0 saturated carbocycles. The number of aliphatic hydroxyl groups excluding tert-OH is 1. The van der Waals surface area contributed by atoms with Crippen LogP contribution in [0.15, 0.2) is 36.5 Å². The average molecular weight is 292 g/mol. The van der Waals surface area contributed by atoms with E-state index >= 15 is 0 Å². The van der Waals surface area contributed by atoms with E-state index in [1.54, 1.807) is 0 Å². The fourth-order valence-corrected chi connectivity index (χ4v) is 3.00. The molecule has 0 amide bonds. The van der Waals surface area contributed by atoms with Gasteiger partial charge >= 0.3 is 0 Å². The van der Waals surface area contributed by atoms with Crippen LogP contribution in [0.2, 0.25) is 0 Å². The third-order valence-corrected chi connectivity index (χ3v) is 4.08. The van der Waals surface area contributed by atoms with Crippen molar-refractivity contribution in [2.24, 2.45) is 0 Å². The Labute approximate surface area is 122 Å². The Morgan fingerprint density at radius 3 is 2.86 bits per heavy atom. The number of hydrogen-bond donors (Lipinski definition) is 2. The van der Waals surface area contributed by atoms with Gasteiger partial charge in [-0.2, -0.15) is 0 Å². The van der Waals surface area contributed by atoms with E-state index in [4.69, 9.17) is 0 Å². The molecule has 2 N–H and O–H groups in total. The molecule has 5 heteroatoms. The van der Waals surface area contributed by atoms with Crippen LogP contribution in [0.25, 0.3) is 0 Å². The summed E-state index contributed by atoms with van der Waals surface area (Å²) in [5.41, 5.74) is 1.54. The van der Waals surface area contributed by atoms with E-state index in [1.165, 1.54) is 6.07 Å². The third-order valence-electron chi connectivity index (χ3n) is 4.08. The molecule has 3 rings (SSSR count). The van der Waals surface area contributed by atoms with E-state index < -0.39 is 17.7 Å². The van der Waals surface area contributed by atoms with Crippen LogP contribution in [-0.4, -0.2) is 28.1 Å². The molecule has 1 aliphatic rings. The average Bonchev–Trinajstić information content (AvgIpc) is 3.12. The van der Waals surface area contributed by atoms with Crippen LogP contribution in [0.5, 0.6) is 0 Å². The van der Waals surface area contributed by atoms with E-state index in [1.807, 2.05) is 18.3 Å². The standard InChI is InChI=1S/C16H18F2N2O/c17-12-6-5-11(9-13(12)18)16(21)10-20-8-2-4-15(20)14-3-1-7-19-14/h1,3,5-7,9,15-16,19,21H,2,4,8,10H2. The van der Waals surface area contributed by atoms with Crippen LogP contribution in [-0.2, 0) is 0 Å². The number of hydrogen-bond acceptors (Lipinski definition) is 2. The molecule has 0 spiro atoms. The summed E-state index contributed by atoms with van der Waals surface area (Å²) in [4.78, 5) is 5.38. The molecule has 21 heavy (non-hydrogen) atoms. The predicted octanol–water partition coefficient (Wildman–Crippen LogP) is 3.16. The van der Waals surface area contributed by atoms with Gasteiger partial charge in [0.1, 0.15) is 0 Å². The number of likely N-dealkylation sites (tertiary alicyclic amines) is 1. The van der Waals surface area contributed by atoms with Gasteiger partial charge in [-0.25, -0.2) is 8.78 Å². The van der Waals surface area contributed by atoms with Gasteiger partial charge in [0.05, 0.1) is 6.10 Å². The van der Waals surface area contributed by atoms with Crippen molar-refractivity contribution in [1.29, 1.82) is 0 Å². The van der Waals surface area contributed by atoms with Gasteiger partial charge in [0, 0.05) is 24.5 Å². The summed E-state index contributed by atoms with van der Waals surface area (Å²) in [5.74, 6) is -1.81. The van der Waals surface area contributed by atoms with E-state index in [9.17, 15) is 13.9 Å². The van der Waals surface area contributed by atoms with Crippen molar-refractivity contribution in [2.45, 2.75) is 25.0 Å². The van der Waals surface area contributed by atoms with Crippen LogP contribution in [0, 0.1) is 11.6 Å². The summed E-state index contributed by atoms with van der Waals surface area (Å²) in [6, 6.07) is 7.80. The second-order valence-electron chi connectivity index (χ2n) is 5.47. The van der Waals surface area contributed by atoms with Crippen LogP contribution in [0.3, 0.4) is 0 Å². The Hall–Kier alpha value is -1.72. The number of β-amino-alcohol motifs (C(OH)–C–C–N with tert-alkyl or cyclic N) is 1. The number of H-pyrrole nitrogens is 1. The first-order chi connectivity index (χ1) is 10.1. The highest BCUT2D eigenvalue weighted by Gasteiger charge is 2.28. The number of aliphatic hydroxyl groups is 1. The van der Waals surface area contributed by atoms with Gasteiger partial charge in [-0.1, -0.05) is 6.07 Å². The maximum atomic E-state index is 13.2. The molecule has 3 nitrogen and oxygen atoms in total. The van der Waals surface area contributed by atoms with Gasteiger partial charge in [0.15, 0.2) is 11.6 Å². The Morgan fingerprint density at radius 1 is 1.29 bits per heavy atom. The maximum absolute atomic E-state index is 13.2. The lowest BCUT2D eigenvalue weighted by atomic mass is 10.1. The third kappa shape index (κ3) is 2.99. The molecule has 2 aromatic rings. The molecule has 2 atom stereocenters. The molecule has 1 aliphatic heterocycles.